The number of rotatable bonds is 11. The minimum Gasteiger partial charge on any atom is -0.478 e. The van der Waals surface area contributed by atoms with Crippen LogP contribution in [0.3, 0.4) is 0 Å². The summed E-state index contributed by atoms with van der Waals surface area (Å²) in [6.07, 6.45) is 11.3. The van der Waals surface area contributed by atoms with Crippen molar-refractivity contribution in [1.82, 2.24) is 30.2 Å². The molecule has 1 unspecified atom stereocenters. The molecule has 4 N–H and O–H groups in total. The molecule has 1 amide bonds. The van der Waals surface area contributed by atoms with Gasteiger partial charge in [-0.25, -0.2) is 14.8 Å². The molecule has 1 spiro atoms. The molecule has 0 radical (unpaired) electrons. The summed E-state index contributed by atoms with van der Waals surface area (Å²) in [7, 11) is 0. The summed E-state index contributed by atoms with van der Waals surface area (Å²) in [5.41, 5.74) is 5.45. The summed E-state index contributed by atoms with van der Waals surface area (Å²) in [6.45, 7) is 6.56. The molecular formula is C49H46N8O6S. The lowest BCUT2D eigenvalue weighted by atomic mass is 9.80. The molecule has 4 aromatic heterocycles. The van der Waals surface area contributed by atoms with Crippen LogP contribution in [-0.2, 0) is 10.3 Å². The molecule has 14 nitrogen and oxygen atoms in total. The van der Waals surface area contributed by atoms with E-state index in [0.717, 1.165) is 76.2 Å². The normalized spacial score (nSPS) is 17.1. The number of aromatic nitrogens is 4. The number of anilines is 3. The smallest absolute Gasteiger partial charge is 0.328 e. The Morgan fingerprint density at radius 3 is 2.56 bits per heavy atom. The van der Waals surface area contributed by atoms with Crippen molar-refractivity contribution in [2.45, 2.75) is 57.7 Å². The van der Waals surface area contributed by atoms with E-state index in [9.17, 15) is 14.4 Å². The second-order valence-electron chi connectivity index (χ2n) is 16.7. The molecule has 1 atom stereocenters. The number of nitrogens with zero attached hydrogens (tertiary/aromatic N) is 5. The van der Waals surface area contributed by atoms with Gasteiger partial charge in [0, 0.05) is 52.9 Å². The number of aliphatic carboxylic acids is 1. The zero-order valence-corrected chi connectivity index (χ0v) is 36.2. The van der Waals surface area contributed by atoms with Gasteiger partial charge in [-0.1, -0.05) is 55.2 Å². The molecule has 2 fully saturated rings. The van der Waals surface area contributed by atoms with Gasteiger partial charge in [0.05, 0.1) is 24.0 Å². The Morgan fingerprint density at radius 2 is 1.78 bits per heavy atom. The Morgan fingerprint density at radius 1 is 0.953 bits per heavy atom. The Bertz CT molecular complexity index is 2970. The minimum absolute atomic E-state index is 0.0728. The topological polar surface area (TPSA) is 173 Å². The Labute approximate surface area is 373 Å². The van der Waals surface area contributed by atoms with Crippen LogP contribution in [0.1, 0.15) is 74.5 Å². The molecule has 15 heteroatoms. The Kier molecular flexibility index (Phi) is 10.8. The fraction of sp³-hybridized carbons (Fsp3) is 0.265. The summed E-state index contributed by atoms with van der Waals surface area (Å²) in [5, 5.41) is 20.5. The average molecular weight is 875 g/mol. The third kappa shape index (κ3) is 8.03. The summed E-state index contributed by atoms with van der Waals surface area (Å²) in [4.78, 5) is 55.0. The predicted molar refractivity (Wildman–Crippen MR) is 247 cm³/mol. The third-order valence-corrected chi connectivity index (χ3v) is 13.5. The number of benzene rings is 3. The van der Waals surface area contributed by atoms with Crippen molar-refractivity contribution >= 4 is 73.6 Å². The lowest BCUT2D eigenvalue weighted by molar-refractivity contribution is -0.131. The number of hydrogen-bond acceptors (Lipinski definition) is 12. The van der Waals surface area contributed by atoms with Gasteiger partial charge >= 0.3 is 5.97 Å². The molecule has 3 aromatic carbocycles. The molecule has 6 heterocycles. The first kappa shape index (κ1) is 40.9. The second-order valence-corrected chi connectivity index (χ2v) is 17.8. The first-order valence-corrected chi connectivity index (χ1v) is 22.3. The van der Waals surface area contributed by atoms with Crippen molar-refractivity contribution in [3.8, 4) is 17.2 Å². The van der Waals surface area contributed by atoms with Crippen molar-refractivity contribution in [1.29, 1.82) is 0 Å². The maximum absolute atomic E-state index is 14.2. The van der Waals surface area contributed by atoms with Crippen molar-refractivity contribution in [3.05, 3.63) is 130 Å². The van der Waals surface area contributed by atoms with E-state index in [0.29, 0.717) is 70.3 Å². The number of ketones is 1. The molecule has 1 aliphatic carbocycles. The molecule has 1 saturated heterocycles. The van der Waals surface area contributed by atoms with Crippen LogP contribution in [0.5, 0.6) is 17.2 Å². The monoisotopic (exact) mass is 874 g/mol. The zero-order valence-electron chi connectivity index (χ0n) is 35.4. The Balaban J connectivity index is 0.851. The van der Waals surface area contributed by atoms with Crippen LogP contribution >= 0.6 is 11.3 Å². The van der Waals surface area contributed by atoms with E-state index in [1.165, 1.54) is 23.8 Å². The maximum Gasteiger partial charge on any atom is 0.328 e. The van der Waals surface area contributed by atoms with Crippen LogP contribution in [0, 0.1) is 13.8 Å². The van der Waals surface area contributed by atoms with Crippen LogP contribution < -0.4 is 30.3 Å². The summed E-state index contributed by atoms with van der Waals surface area (Å²) in [5.74, 6) is 1.41. The van der Waals surface area contributed by atoms with Gasteiger partial charge < -0.3 is 34.7 Å². The van der Waals surface area contributed by atoms with Gasteiger partial charge in [0.1, 0.15) is 33.5 Å². The van der Waals surface area contributed by atoms with Gasteiger partial charge in [-0.05, 0) is 92.4 Å². The van der Waals surface area contributed by atoms with Gasteiger partial charge in [-0.3, -0.25) is 14.9 Å². The largest absolute Gasteiger partial charge is 0.478 e. The second kappa shape index (κ2) is 16.9. The highest BCUT2D eigenvalue weighted by Crippen LogP contribution is 2.44. The van der Waals surface area contributed by atoms with E-state index in [1.807, 2.05) is 74.6 Å². The highest BCUT2D eigenvalue weighted by atomic mass is 32.1. The average Bonchev–Trinajstić information content (AvgIpc) is 3.87. The van der Waals surface area contributed by atoms with E-state index >= 15 is 0 Å². The van der Waals surface area contributed by atoms with Crippen LogP contribution in [-0.4, -0.2) is 74.7 Å². The number of aryl methyl sites for hydroxylation is 2. The number of pyridine rings is 1. The molecule has 0 bridgehead atoms. The van der Waals surface area contributed by atoms with Crippen LogP contribution in [0.2, 0.25) is 0 Å². The molecular weight excluding hydrogens is 829 g/mol. The van der Waals surface area contributed by atoms with Crippen molar-refractivity contribution in [2.24, 2.45) is 0 Å². The standard InChI is InChI=1S/C49H46N8O6S/c1-29-6-14-36(30(2)22-29)43(60)45-44(63-34-11-7-31(8-12-34)9-17-42(58)59)37-15-13-35(24-39(37)64-45)62-41-27-56(21-20-50-41)33-10-16-40(51-26-33)54-48-52-25-32-23-38-47(61)53-28-49(18-4-3-5-19-49)57(38)46(32)55-48/h6-17,22-26,41,50H,3-5,18-21,27-28H2,1-2H3,(H,53,61)(H,58,59)(H,51,52,54,55)/b17-9+. The number of nitrogens with one attached hydrogen (secondary N) is 3. The first-order valence-electron chi connectivity index (χ1n) is 21.5. The minimum atomic E-state index is -1.03. The lowest BCUT2D eigenvalue weighted by Gasteiger charge is -2.42. The number of thiophene rings is 1. The number of ether oxygens (including phenoxy) is 2. The van der Waals surface area contributed by atoms with Crippen LogP contribution in [0.25, 0.3) is 27.2 Å². The molecule has 324 valence electrons. The quantitative estimate of drug-likeness (QED) is 0.0721. The lowest BCUT2D eigenvalue weighted by Crippen LogP contribution is -2.53. The van der Waals surface area contributed by atoms with Crippen molar-refractivity contribution in [3.63, 3.8) is 0 Å². The number of fused-ring (bicyclic) bond motifs is 5. The maximum atomic E-state index is 14.2. The van der Waals surface area contributed by atoms with E-state index < -0.39 is 5.97 Å². The van der Waals surface area contributed by atoms with Gasteiger partial charge in [-0.15, -0.1) is 11.3 Å². The summed E-state index contributed by atoms with van der Waals surface area (Å²) in [6, 6.07) is 24.4. The van der Waals surface area contributed by atoms with Crippen molar-refractivity contribution < 1.29 is 29.0 Å². The van der Waals surface area contributed by atoms with Crippen LogP contribution in [0.4, 0.5) is 17.5 Å². The number of carbonyl (C=O) groups is 3. The zero-order chi connectivity index (χ0) is 44.0. The number of carbonyl (C=O) groups excluding carboxylic acids is 2. The highest BCUT2D eigenvalue weighted by molar-refractivity contribution is 7.21. The molecule has 7 aromatic rings. The molecule has 10 rings (SSSR count). The van der Waals surface area contributed by atoms with E-state index in [1.54, 1.807) is 30.5 Å². The van der Waals surface area contributed by atoms with E-state index in [2.05, 4.69) is 30.4 Å². The third-order valence-electron chi connectivity index (χ3n) is 12.3. The number of hydrogen-bond donors (Lipinski definition) is 4. The fourth-order valence-electron chi connectivity index (χ4n) is 9.18. The van der Waals surface area contributed by atoms with E-state index in [4.69, 9.17) is 24.5 Å². The fourth-order valence-corrected chi connectivity index (χ4v) is 10.3. The molecule has 2 aliphatic heterocycles. The van der Waals surface area contributed by atoms with Gasteiger partial charge in [0.15, 0.2) is 12.0 Å². The Hall–Kier alpha value is -7.10. The van der Waals surface area contributed by atoms with E-state index in [-0.39, 0.29) is 23.5 Å². The summed E-state index contributed by atoms with van der Waals surface area (Å²) >= 11 is 1.36. The highest BCUT2D eigenvalue weighted by Gasteiger charge is 2.41. The number of piperazine rings is 1. The molecule has 64 heavy (non-hydrogen) atoms. The van der Waals surface area contributed by atoms with Gasteiger partial charge in [0.2, 0.25) is 11.7 Å². The number of amides is 1. The number of carboxylic acids is 1. The van der Waals surface area contributed by atoms with Crippen molar-refractivity contribution in [2.75, 3.05) is 36.4 Å². The van der Waals surface area contributed by atoms with Gasteiger partial charge in [-0.2, -0.15) is 4.98 Å². The molecule has 1 saturated carbocycles. The van der Waals surface area contributed by atoms with Crippen LogP contribution in [0.15, 0.2) is 97.3 Å². The first-order chi connectivity index (χ1) is 31.1. The number of carboxylic acid groups (broad SMARTS) is 1. The predicted octanol–water partition coefficient (Wildman–Crippen LogP) is 8.74. The van der Waals surface area contributed by atoms with Gasteiger partial charge in [0.25, 0.3) is 5.91 Å². The SMILES string of the molecule is Cc1ccc(C(=O)c2sc3cc(OC4CN(c5ccc(Nc6ncc7cc8n(c7n6)C6(CCCCC6)CNC8=O)nc5)CCN4)ccc3c2Oc2ccc(/C=C/C(=O)O)cc2)c(C)c1. The molecule has 3 aliphatic rings. The summed E-state index contributed by atoms with van der Waals surface area (Å²) < 4.78 is 16.0.